The SMILES string of the molecule is C=CCc1cc(C=Nn2c(-c3cc4ccccc4o3)nc3ccccc3c2=O)cc(OC)c1OCC(=O)Nc1ccccc1F. The number of methoxy groups -OCH3 is 1. The van der Waals surface area contributed by atoms with E-state index >= 15 is 0 Å². The first-order chi connectivity index (χ1) is 21.9. The molecule has 45 heavy (non-hydrogen) atoms. The predicted molar refractivity (Wildman–Crippen MR) is 172 cm³/mol. The number of rotatable bonds is 10. The number of anilines is 1. The lowest BCUT2D eigenvalue weighted by Crippen LogP contribution is -2.21. The molecule has 1 N–H and O–H groups in total. The maximum atomic E-state index is 14.0. The monoisotopic (exact) mass is 602 g/mol. The van der Waals surface area contributed by atoms with Gasteiger partial charge in [-0.2, -0.15) is 9.78 Å². The van der Waals surface area contributed by atoms with Crippen LogP contribution in [0.15, 0.2) is 118 Å². The van der Waals surface area contributed by atoms with Gasteiger partial charge in [-0.1, -0.05) is 48.5 Å². The zero-order valence-corrected chi connectivity index (χ0v) is 24.2. The van der Waals surface area contributed by atoms with Crippen LogP contribution in [0.2, 0.25) is 0 Å². The van der Waals surface area contributed by atoms with Crippen LogP contribution >= 0.6 is 0 Å². The molecule has 0 spiro atoms. The maximum absolute atomic E-state index is 14.0. The number of ether oxygens (including phenoxy) is 2. The zero-order valence-electron chi connectivity index (χ0n) is 24.2. The molecule has 0 aliphatic carbocycles. The van der Waals surface area contributed by atoms with E-state index in [4.69, 9.17) is 18.9 Å². The zero-order chi connectivity index (χ0) is 31.3. The number of para-hydroxylation sites is 3. The molecule has 0 fully saturated rings. The van der Waals surface area contributed by atoms with Crippen molar-refractivity contribution in [2.24, 2.45) is 5.10 Å². The van der Waals surface area contributed by atoms with Crippen molar-refractivity contribution in [3.05, 3.63) is 131 Å². The molecule has 6 rings (SSSR count). The summed E-state index contributed by atoms with van der Waals surface area (Å²) in [6.45, 7) is 3.44. The van der Waals surface area contributed by atoms with E-state index in [0.29, 0.717) is 51.3 Å². The topological polar surface area (TPSA) is 108 Å². The van der Waals surface area contributed by atoms with Crippen LogP contribution in [0.4, 0.5) is 10.1 Å². The summed E-state index contributed by atoms with van der Waals surface area (Å²) < 4.78 is 32.7. The number of nitrogens with one attached hydrogen (secondary N) is 1. The number of halogens is 1. The van der Waals surface area contributed by atoms with Gasteiger partial charge in [-0.25, -0.2) is 9.37 Å². The molecule has 10 heteroatoms. The Morgan fingerprint density at radius 1 is 1.07 bits per heavy atom. The number of nitrogens with zero attached hydrogens (tertiary/aromatic N) is 3. The average molecular weight is 603 g/mol. The van der Waals surface area contributed by atoms with Gasteiger partial charge in [0.15, 0.2) is 23.9 Å². The molecule has 0 bridgehead atoms. The van der Waals surface area contributed by atoms with E-state index in [2.05, 4.69) is 17.0 Å². The standard InChI is InChI=1S/C35H27FN4O5/c1-3-10-24-17-22(18-30(43-2)33(24)44-21-32(41)38-28-15-8-6-13-26(28)36)20-37-40-34(31-19-23-11-4-9-16-29(23)45-31)39-27-14-7-5-12-25(27)35(40)42/h3-9,11-20H,1,10,21H2,2H3,(H,38,41). The minimum Gasteiger partial charge on any atom is -0.493 e. The van der Waals surface area contributed by atoms with Crippen molar-refractivity contribution in [2.45, 2.75) is 6.42 Å². The van der Waals surface area contributed by atoms with Crippen molar-refractivity contribution in [1.82, 2.24) is 9.66 Å². The summed E-state index contributed by atoms with van der Waals surface area (Å²) >= 11 is 0. The molecule has 6 aromatic rings. The van der Waals surface area contributed by atoms with Gasteiger partial charge < -0.3 is 19.2 Å². The van der Waals surface area contributed by atoms with E-state index in [1.807, 2.05) is 36.4 Å². The predicted octanol–water partition coefficient (Wildman–Crippen LogP) is 6.59. The number of furan rings is 1. The number of allylic oxidation sites excluding steroid dienone is 1. The van der Waals surface area contributed by atoms with E-state index < -0.39 is 11.7 Å². The number of aromatic nitrogens is 2. The molecule has 224 valence electrons. The number of hydrogen-bond donors (Lipinski definition) is 1. The van der Waals surface area contributed by atoms with Crippen molar-refractivity contribution >= 4 is 39.7 Å². The normalized spacial score (nSPS) is 11.2. The molecule has 0 radical (unpaired) electrons. The minimum absolute atomic E-state index is 0.0522. The van der Waals surface area contributed by atoms with E-state index in [-0.39, 0.29) is 23.7 Å². The van der Waals surface area contributed by atoms with Crippen LogP contribution in [0, 0.1) is 5.82 Å². The number of fused-ring (bicyclic) bond motifs is 2. The highest BCUT2D eigenvalue weighted by molar-refractivity contribution is 5.92. The molecule has 1 amide bonds. The van der Waals surface area contributed by atoms with E-state index in [9.17, 15) is 14.0 Å². The molecule has 0 aliphatic rings. The first kappa shape index (κ1) is 29.1. The largest absolute Gasteiger partial charge is 0.493 e. The van der Waals surface area contributed by atoms with Gasteiger partial charge in [0.05, 0.1) is 29.9 Å². The molecule has 4 aromatic carbocycles. The lowest BCUT2D eigenvalue weighted by Gasteiger charge is -2.16. The van der Waals surface area contributed by atoms with Crippen molar-refractivity contribution < 1.29 is 23.1 Å². The lowest BCUT2D eigenvalue weighted by molar-refractivity contribution is -0.118. The molecule has 0 unspecified atom stereocenters. The highest BCUT2D eigenvalue weighted by Gasteiger charge is 2.18. The molecular formula is C35H27FN4O5. The third-order valence-corrected chi connectivity index (χ3v) is 6.96. The maximum Gasteiger partial charge on any atom is 0.282 e. The van der Waals surface area contributed by atoms with Crippen LogP contribution in [0.3, 0.4) is 0 Å². The lowest BCUT2D eigenvalue weighted by atomic mass is 10.1. The second kappa shape index (κ2) is 12.7. The second-order valence-corrected chi connectivity index (χ2v) is 9.98. The van der Waals surface area contributed by atoms with E-state index in [0.717, 1.165) is 5.39 Å². The van der Waals surface area contributed by atoms with Gasteiger partial charge in [0.25, 0.3) is 11.5 Å². The van der Waals surface area contributed by atoms with Crippen molar-refractivity contribution in [2.75, 3.05) is 19.0 Å². The van der Waals surface area contributed by atoms with Crippen LogP contribution in [0.25, 0.3) is 33.5 Å². The van der Waals surface area contributed by atoms with Gasteiger partial charge in [-0.05, 0) is 60.5 Å². The summed E-state index contributed by atoms with van der Waals surface area (Å²) in [7, 11) is 1.47. The third kappa shape index (κ3) is 6.07. The Bertz CT molecular complexity index is 2120. The van der Waals surface area contributed by atoms with E-state index in [1.165, 1.54) is 36.2 Å². The first-order valence-corrected chi connectivity index (χ1v) is 14.0. The van der Waals surface area contributed by atoms with Crippen LogP contribution in [-0.4, -0.2) is 35.5 Å². The fraction of sp³-hybridized carbons (Fsp3) is 0.0857. The highest BCUT2D eigenvalue weighted by atomic mass is 19.1. The van der Waals surface area contributed by atoms with Crippen molar-refractivity contribution in [3.8, 4) is 23.1 Å². The Balaban J connectivity index is 1.35. The highest BCUT2D eigenvalue weighted by Crippen LogP contribution is 2.33. The van der Waals surface area contributed by atoms with Gasteiger partial charge in [0.2, 0.25) is 5.82 Å². The average Bonchev–Trinajstić information content (AvgIpc) is 3.49. The van der Waals surface area contributed by atoms with Crippen LogP contribution in [0.1, 0.15) is 11.1 Å². The summed E-state index contributed by atoms with van der Waals surface area (Å²) in [6, 6.07) is 25.7. The number of amides is 1. The molecule has 0 atom stereocenters. The molecule has 9 nitrogen and oxygen atoms in total. The summed E-state index contributed by atoms with van der Waals surface area (Å²) in [5, 5.41) is 8.30. The van der Waals surface area contributed by atoms with Crippen LogP contribution in [0.5, 0.6) is 11.5 Å². The molecule has 0 saturated carbocycles. The Labute approximate surface area is 256 Å². The Kier molecular flexibility index (Phi) is 8.19. The smallest absolute Gasteiger partial charge is 0.282 e. The minimum atomic E-state index is -0.552. The molecular weight excluding hydrogens is 575 g/mol. The van der Waals surface area contributed by atoms with Crippen LogP contribution < -0.4 is 20.3 Å². The summed E-state index contributed by atoms with van der Waals surface area (Å²) in [5.74, 6) is 0.188. The summed E-state index contributed by atoms with van der Waals surface area (Å²) in [6.07, 6.45) is 3.57. The summed E-state index contributed by atoms with van der Waals surface area (Å²) in [4.78, 5) is 30.9. The Morgan fingerprint density at radius 2 is 1.84 bits per heavy atom. The molecule has 2 heterocycles. The molecule has 0 aliphatic heterocycles. The van der Waals surface area contributed by atoms with Gasteiger partial charge in [0.1, 0.15) is 11.4 Å². The number of carbonyl (C=O) groups is 1. The first-order valence-electron chi connectivity index (χ1n) is 14.0. The molecule has 0 saturated heterocycles. The van der Waals surface area contributed by atoms with E-state index in [1.54, 1.807) is 42.5 Å². The van der Waals surface area contributed by atoms with Gasteiger partial charge in [-0.15, -0.1) is 6.58 Å². The quantitative estimate of drug-likeness (QED) is 0.140. The fourth-order valence-corrected chi connectivity index (χ4v) is 4.87. The molecule has 2 aromatic heterocycles. The fourth-order valence-electron chi connectivity index (χ4n) is 4.87. The Hall–Kier alpha value is -6.03. The van der Waals surface area contributed by atoms with Crippen molar-refractivity contribution in [1.29, 1.82) is 0 Å². The summed E-state index contributed by atoms with van der Waals surface area (Å²) in [5.41, 5.74) is 2.10. The number of hydrogen-bond acceptors (Lipinski definition) is 7. The second-order valence-electron chi connectivity index (χ2n) is 9.98. The third-order valence-electron chi connectivity index (χ3n) is 6.96. The van der Waals surface area contributed by atoms with Gasteiger partial charge >= 0.3 is 0 Å². The number of carbonyl (C=O) groups excluding carboxylic acids is 1. The number of benzene rings is 4. The van der Waals surface area contributed by atoms with Gasteiger partial charge in [0, 0.05) is 10.9 Å². The Morgan fingerprint density at radius 3 is 2.64 bits per heavy atom. The van der Waals surface area contributed by atoms with Crippen LogP contribution in [-0.2, 0) is 11.2 Å². The van der Waals surface area contributed by atoms with Gasteiger partial charge in [-0.3, -0.25) is 9.59 Å². The van der Waals surface area contributed by atoms with Crippen molar-refractivity contribution in [3.63, 3.8) is 0 Å².